The molecule has 0 aliphatic heterocycles. The lowest BCUT2D eigenvalue weighted by Crippen LogP contribution is -2.12. The number of primary sulfonamides is 1. The molecule has 3 aromatic carbocycles. The Bertz CT molecular complexity index is 1310. The highest BCUT2D eigenvalue weighted by Crippen LogP contribution is 2.30. The van der Waals surface area contributed by atoms with Crippen LogP contribution in [-0.4, -0.2) is 32.3 Å². The zero-order valence-electron chi connectivity index (χ0n) is 17.0. The van der Waals surface area contributed by atoms with E-state index in [9.17, 15) is 8.42 Å². The highest BCUT2D eigenvalue weighted by Gasteiger charge is 2.15. The molecule has 2 N–H and O–H groups in total. The number of halogens is 1. The summed E-state index contributed by atoms with van der Waals surface area (Å²) in [5.41, 5.74) is 5.37. The molecule has 0 saturated carbocycles. The molecule has 158 valence electrons. The molecular formula is C23H21ClN4O2S. The van der Waals surface area contributed by atoms with Crippen molar-refractivity contribution in [2.45, 2.75) is 4.90 Å². The van der Waals surface area contributed by atoms with Crippen molar-refractivity contribution in [2.75, 3.05) is 19.0 Å². The molecule has 31 heavy (non-hydrogen) atoms. The summed E-state index contributed by atoms with van der Waals surface area (Å²) in [6, 6.07) is 24.0. The largest absolute Gasteiger partial charge is 0.378 e. The van der Waals surface area contributed by atoms with Crippen molar-refractivity contribution in [2.24, 2.45) is 5.14 Å². The number of nitrogens with two attached hydrogens (primary N) is 1. The molecule has 0 bridgehead atoms. The summed E-state index contributed by atoms with van der Waals surface area (Å²) in [6.07, 6.45) is 0. The second-order valence-electron chi connectivity index (χ2n) is 7.31. The van der Waals surface area contributed by atoms with Gasteiger partial charge in [0.05, 0.1) is 22.0 Å². The molecule has 1 heterocycles. The number of rotatable bonds is 5. The van der Waals surface area contributed by atoms with Crippen LogP contribution >= 0.6 is 11.6 Å². The number of aromatic nitrogens is 2. The average Bonchev–Trinajstić information content (AvgIpc) is 3.19. The fourth-order valence-corrected chi connectivity index (χ4v) is 3.89. The average molecular weight is 453 g/mol. The molecule has 4 rings (SSSR count). The maximum Gasteiger partial charge on any atom is 0.238 e. The maximum absolute atomic E-state index is 11.6. The Labute approximate surface area is 186 Å². The fraction of sp³-hybridized carbons (Fsp3) is 0.0870. The molecule has 0 fully saturated rings. The lowest BCUT2D eigenvalue weighted by Gasteiger charge is -2.13. The second-order valence-corrected chi connectivity index (χ2v) is 9.31. The van der Waals surface area contributed by atoms with Crippen molar-refractivity contribution in [3.05, 3.63) is 83.9 Å². The first-order chi connectivity index (χ1) is 14.7. The smallest absolute Gasteiger partial charge is 0.238 e. The number of anilines is 1. The van der Waals surface area contributed by atoms with Gasteiger partial charge in [0.1, 0.15) is 0 Å². The van der Waals surface area contributed by atoms with E-state index in [4.69, 9.17) is 21.8 Å². The van der Waals surface area contributed by atoms with Gasteiger partial charge in [0.15, 0.2) is 0 Å². The first kappa shape index (κ1) is 21.1. The summed E-state index contributed by atoms with van der Waals surface area (Å²) in [4.78, 5) is 2.09. The first-order valence-electron chi connectivity index (χ1n) is 9.49. The Morgan fingerprint density at radius 2 is 1.45 bits per heavy atom. The SMILES string of the molecule is CN(C)c1ccc(-c2cc(-c3ccc(Cl)cc3)nn2-c2ccc(S(N)(=O)=O)cc2)cc1. The minimum Gasteiger partial charge on any atom is -0.378 e. The number of hydrogen-bond acceptors (Lipinski definition) is 4. The van der Waals surface area contributed by atoms with Crippen LogP contribution in [-0.2, 0) is 10.0 Å². The molecular weight excluding hydrogens is 432 g/mol. The molecule has 4 aromatic rings. The van der Waals surface area contributed by atoms with E-state index in [0.717, 1.165) is 33.9 Å². The van der Waals surface area contributed by atoms with E-state index in [1.165, 1.54) is 12.1 Å². The summed E-state index contributed by atoms with van der Waals surface area (Å²) >= 11 is 6.03. The van der Waals surface area contributed by atoms with E-state index in [-0.39, 0.29) is 4.90 Å². The standard InChI is InChI=1S/C23H21ClN4O2S/c1-27(2)19-9-5-17(6-10-19)23-15-22(16-3-7-18(24)8-4-16)26-28(23)20-11-13-21(14-12-20)31(25,29)30/h3-15H,1-2H3,(H2,25,29,30). The monoisotopic (exact) mass is 452 g/mol. The van der Waals surface area contributed by atoms with Crippen LogP contribution in [0.15, 0.2) is 83.8 Å². The molecule has 0 aliphatic rings. The summed E-state index contributed by atoms with van der Waals surface area (Å²) in [7, 11) is 0.216. The molecule has 0 spiro atoms. The minimum absolute atomic E-state index is 0.0539. The van der Waals surface area contributed by atoms with Crippen LogP contribution in [0.5, 0.6) is 0 Å². The second kappa shape index (κ2) is 8.19. The van der Waals surface area contributed by atoms with Crippen molar-refractivity contribution in [1.29, 1.82) is 0 Å². The summed E-state index contributed by atoms with van der Waals surface area (Å²) in [6.45, 7) is 0. The lowest BCUT2D eigenvalue weighted by atomic mass is 10.1. The van der Waals surface area contributed by atoms with Crippen molar-refractivity contribution in [3.8, 4) is 28.2 Å². The van der Waals surface area contributed by atoms with Crippen molar-refractivity contribution >= 4 is 27.3 Å². The zero-order valence-corrected chi connectivity index (χ0v) is 18.6. The van der Waals surface area contributed by atoms with Crippen LogP contribution in [0.1, 0.15) is 0 Å². The van der Waals surface area contributed by atoms with Gasteiger partial charge >= 0.3 is 0 Å². The summed E-state index contributed by atoms with van der Waals surface area (Å²) in [5.74, 6) is 0. The van der Waals surface area contributed by atoms with Crippen LogP contribution in [0, 0.1) is 0 Å². The minimum atomic E-state index is -3.77. The maximum atomic E-state index is 11.6. The predicted molar refractivity (Wildman–Crippen MR) is 125 cm³/mol. The van der Waals surface area contributed by atoms with Crippen LogP contribution < -0.4 is 10.0 Å². The Hall–Kier alpha value is -3.13. The molecule has 0 saturated heterocycles. The number of benzene rings is 3. The van der Waals surface area contributed by atoms with E-state index in [1.54, 1.807) is 16.8 Å². The summed E-state index contributed by atoms with van der Waals surface area (Å²) in [5, 5.41) is 10.7. The number of sulfonamides is 1. The molecule has 0 amide bonds. The molecule has 0 atom stereocenters. The highest BCUT2D eigenvalue weighted by atomic mass is 35.5. The fourth-order valence-electron chi connectivity index (χ4n) is 3.25. The van der Waals surface area contributed by atoms with Gasteiger partial charge in [0, 0.05) is 35.9 Å². The molecule has 8 heteroatoms. The van der Waals surface area contributed by atoms with Crippen molar-refractivity contribution in [3.63, 3.8) is 0 Å². The Morgan fingerprint density at radius 3 is 2.00 bits per heavy atom. The van der Waals surface area contributed by atoms with E-state index < -0.39 is 10.0 Å². The highest BCUT2D eigenvalue weighted by molar-refractivity contribution is 7.89. The van der Waals surface area contributed by atoms with Gasteiger partial charge < -0.3 is 4.90 Å². The van der Waals surface area contributed by atoms with Gasteiger partial charge in [-0.05, 0) is 54.6 Å². The van der Waals surface area contributed by atoms with Gasteiger partial charge in [-0.25, -0.2) is 18.2 Å². The van der Waals surface area contributed by atoms with Gasteiger partial charge in [-0.15, -0.1) is 0 Å². The normalized spacial score (nSPS) is 11.5. The molecule has 0 radical (unpaired) electrons. The Kier molecular flexibility index (Phi) is 5.58. The predicted octanol–water partition coefficient (Wildman–Crippen LogP) is 4.57. The molecule has 0 aliphatic carbocycles. The van der Waals surface area contributed by atoms with Crippen LogP contribution in [0.4, 0.5) is 5.69 Å². The third-order valence-corrected chi connectivity index (χ3v) is 6.12. The van der Waals surface area contributed by atoms with Crippen molar-refractivity contribution < 1.29 is 8.42 Å². The van der Waals surface area contributed by atoms with Crippen molar-refractivity contribution in [1.82, 2.24) is 9.78 Å². The third kappa shape index (κ3) is 4.49. The zero-order chi connectivity index (χ0) is 22.2. The first-order valence-corrected chi connectivity index (χ1v) is 11.4. The topological polar surface area (TPSA) is 81.2 Å². The van der Waals surface area contributed by atoms with Gasteiger partial charge in [0.25, 0.3) is 0 Å². The molecule has 6 nitrogen and oxygen atoms in total. The number of hydrogen-bond donors (Lipinski definition) is 1. The van der Waals surface area contributed by atoms with E-state index in [0.29, 0.717) is 5.02 Å². The van der Waals surface area contributed by atoms with Crippen LogP contribution in [0.25, 0.3) is 28.2 Å². The van der Waals surface area contributed by atoms with Gasteiger partial charge in [-0.3, -0.25) is 0 Å². The Morgan fingerprint density at radius 1 is 0.871 bits per heavy atom. The molecule has 1 aromatic heterocycles. The quantitative estimate of drug-likeness (QED) is 0.480. The van der Waals surface area contributed by atoms with Crippen LogP contribution in [0.2, 0.25) is 5.02 Å². The van der Waals surface area contributed by atoms with Gasteiger partial charge in [-0.2, -0.15) is 5.10 Å². The Balaban J connectivity index is 1.84. The van der Waals surface area contributed by atoms with E-state index in [1.807, 2.05) is 73.6 Å². The van der Waals surface area contributed by atoms with Crippen LogP contribution in [0.3, 0.4) is 0 Å². The van der Waals surface area contributed by atoms with Gasteiger partial charge in [-0.1, -0.05) is 35.9 Å². The third-order valence-electron chi connectivity index (χ3n) is 4.94. The molecule has 0 unspecified atom stereocenters. The summed E-state index contributed by atoms with van der Waals surface area (Å²) < 4.78 is 25.0. The van der Waals surface area contributed by atoms with E-state index >= 15 is 0 Å². The number of nitrogens with zero attached hydrogens (tertiary/aromatic N) is 3. The van der Waals surface area contributed by atoms with E-state index in [2.05, 4.69) is 0 Å². The lowest BCUT2D eigenvalue weighted by molar-refractivity contribution is 0.598. The van der Waals surface area contributed by atoms with Gasteiger partial charge in [0.2, 0.25) is 10.0 Å².